The maximum absolute atomic E-state index is 11.9. The van der Waals surface area contributed by atoms with Crippen LogP contribution < -0.4 is 10.1 Å². The first kappa shape index (κ1) is 13.7. The van der Waals surface area contributed by atoms with Crippen molar-refractivity contribution in [2.24, 2.45) is 0 Å². The van der Waals surface area contributed by atoms with Gasteiger partial charge in [-0.2, -0.15) is 5.26 Å². The third-order valence-corrected chi connectivity index (χ3v) is 2.66. The number of ether oxygens (including phenoxy) is 1. The van der Waals surface area contributed by atoms with Gasteiger partial charge in [-0.15, -0.1) is 0 Å². The van der Waals surface area contributed by atoms with E-state index in [9.17, 15) is 4.79 Å². The van der Waals surface area contributed by atoms with Gasteiger partial charge in [0.2, 0.25) is 0 Å². The molecule has 0 aliphatic heterocycles. The lowest BCUT2D eigenvalue weighted by atomic mass is 10.2. The van der Waals surface area contributed by atoms with Crippen molar-refractivity contribution in [2.75, 3.05) is 0 Å². The fraction of sp³-hybridized carbons (Fsp3) is 0.200. The van der Waals surface area contributed by atoms with Crippen LogP contribution in [0.25, 0.3) is 0 Å². The molecular weight excluding hydrogens is 256 g/mol. The van der Waals surface area contributed by atoms with Crippen LogP contribution in [-0.2, 0) is 11.3 Å². The van der Waals surface area contributed by atoms with E-state index in [1.54, 1.807) is 49.6 Å². The number of furan rings is 1. The lowest BCUT2D eigenvalue weighted by molar-refractivity contribution is -0.127. The van der Waals surface area contributed by atoms with Crippen LogP contribution in [0.5, 0.6) is 5.75 Å². The number of rotatable bonds is 5. The summed E-state index contributed by atoms with van der Waals surface area (Å²) in [5.41, 5.74) is 0.491. The SMILES string of the molecule is CC(Oc1cccc(C#N)c1)C(=O)NCc1ccco1. The molecule has 0 aliphatic rings. The first-order valence-corrected chi connectivity index (χ1v) is 6.16. The Labute approximate surface area is 116 Å². The van der Waals surface area contributed by atoms with Crippen LogP contribution in [0.4, 0.5) is 0 Å². The van der Waals surface area contributed by atoms with Gasteiger partial charge in [-0.3, -0.25) is 4.79 Å². The van der Waals surface area contributed by atoms with Crippen LogP contribution in [0.3, 0.4) is 0 Å². The molecule has 102 valence electrons. The highest BCUT2D eigenvalue weighted by molar-refractivity contribution is 5.80. The van der Waals surface area contributed by atoms with Crippen LogP contribution in [0, 0.1) is 11.3 Å². The first-order valence-electron chi connectivity index (χ1n) is 6.16. The second kappa shape index (κ2) is 6.43. The number of hydrogen-bond donors (Lipinski definition) is 1. The van der Waals surface area contributed by atoms with E-state index in [0.717, 1.165) is 0 Å². The highest BCUT2D eigenvalue weighted by atomic mass is 16.5. The van der Waals surface area contributed by atoms with Gasteiger partial charge in [0.25, 0.3) is 5.91 Å². The van der Waals surface area contributed by atoms with Gasteiger partial charge in [-0.05, 0) is 37.3 Å². The van der Waals surface area contributed by atoms with Crippen molar-refractivity contribution in [2.45, 2.75) is 19.6 Å². The number of carbonyl (C=O) groups is 1. The summed E-state index contributed by atoms with van der Waals surface area (Å²) >= 11 is 0. The van der Waals surface area contributed by atoms with Crippen LogP contribution in [0.1, 0.15) is 18.2 Å². The molecule has 2 rings (SSSR count). The van der Waals surface area contributed by atoms with Gasteiger partial charge in [0, 0.05) is 0 Å². The van der Waals surface area contributed by atoms with E-state index in [1.165, 1.54) is 0 Å². The van der Waals surface area contributed by atoms with Crippen LogP contribution in [-0.4, -0.2) is 12.0 Å². The Balaban J connectivity index is 1.88. The molecule has 0 spiro atoms. The van der Waals surface area contributed by atoms with E-state index < -0.39 is 6.10 Å². The molecule has 0 saturated heterocycles. The fourth-order valence-electron chi connectivity index (χ4n) is 1.63. The molecule has 20 heavy (non-hydrogen) atoms. The van der Waals surface area contributed by atoms with Crippen molar-refractivity contribution in [1.29, 1.82) is 5.26 Å². The monoisotopic (exact) mass is 270 g/mol. The van der Waals surface area contributed by atoms with Crippen molar-refractivity contribution < 1.29 is 13.9 Å². The summed E-state index contributed by atoms with van der Waals surface area (Å²) < 4.78 is 10.6. The second-order valence-corrected chi connectivity index (χ2v) is 4.20. The third-order valence-electron chi connectivity index (χ3n) is 2.66. The Morgan fingerprint density at radius 2 is 2.30 bits per heavy atom. The Kier molecular flexibility index (Phi) is 4.40. The third kappa shape index (κ3) is 3.62. The van der Waals surface area contributed by atoms with Crippen molar-refractivity contribution >= 4 is 5.91 Å². The van der Waals surface area contributed by atoms with Crippen molar-refractivity contribution in [3.8, 4) is 11.8 Å². The Morgan fingerprint density at radius 1 is 1.45 bits per heavy atom. The number of nitriles is 1. The molecule has 1 heterocycles. The van der Waals surface area contributed by atoms with Gasteiger partial charge < -0.3 is 14.5 Å². The Morgan fingerprint density at radius 3 is 3.00 bits per heavy atom. The summed E-state index contributed by atoms with van der Waals surface area (Å²) in [5, 5.41) is 11.5. The lowest BCUT2D eigenvalue weighted by Gasteiger charge is -2.14. The molecule has 1 unspecified atom stereocenters. The molecule has 0 fully saturated rings. The highest BCUT2D eigenvalue weighted by Crippen LogP contribution is 2.14. The topological polar surface area (TPSA) is 75.3 Å². The van der Waals surface area contributed by atoms with Crippen LogP contribution in [0.15, 0.2) is 47.1 Å². The zero-order valence-corrected chi connectivity index (χ0v) is 11.0. The normalized spacial score (nSPS) is 11.4. The fourth-order valence-corrected chi connectivity index (χ4v) is 1.63. The van der Waals surface area contributed by atoms with Crippen LogP contribution in [0.2, 0.25) is 0 Å². The molecule has 0 radical (unpaired) electrons. The molecule has 2 aromatic rings. The quantitative estimate of drug-likeness (QED) is 0.904. The molecule has 0 bridgehead atoms. The minimum atomic E-state index is -0.654. The second-order valence-electron chi connectivity index (χ2n) is 4.20. The van der Waals surface area contributed by atoms with Gasteiger partial charge in [-0.25, -0.2) is 0 Å². The minimum absolute atomic E-state index is 0.247. The number of nitrogens with one attached hydrogen (secondary N) is 1. The zero-order chi connectivity index (χ0) is 14.4. The number of hydrogen-bond acceptors (Lipinski definition) is 4. The molecular formula is C15H14N2O3. The first-order chi connectivity index (χ1) is 9.69. The van der Waals surface area contributed by atoms with Gasteiger partial charge in [0.15, 0.2) is 6.10 Å². The average molecular weight is 270 g/mol. The molecule has 0 aliphatic carbocycles. The van der Waals surface area contributed by atoms with Gasteiger partial charge in [-0.1, -0.05) is 6.07 Å². The summed E-state index contributed by atoms with van der Waals surface area (Å²) in [6.07, 6.45) is 0.897. The maximum atomic E-state index is 11.9. The lowest BCUT2D eigenvalue weighted by Crippen LogP contribution is -2.35. The summed E-state index contributed by atoms with van der Waals surface area (Å²) in [6.45, 7) is 1.97. The van der Waals surface area contributed by atoms with Crippen molar-refractivity contribution in [3.05, 3.63) is 54.0 Å². The molecule has 1 atom stereocenters. The Bertz CT molecular complexity index is 614. The smallest absolute Gasteiger partial charge is 0.261 e. The van der Waals surface area contributed by atoms with Gasteiger partial charge in [0.1, 0.15) is 11.5 Å². The van der Waals surface area contributed by atoms with E-state index >= 15 is 0 Å². The average Bonchev–Trinajstić information content (AvgIpc) is 2.98. The molecule has 5 nitrogen and oxygen atoms in total. The van der Waals surface area contributed by atoms with E-state index in [2.05, 4.69) is 5.32 Å². The van der Waals surface area contributed by atoms with Crippen LogP contribution >= 0.6 is 0 Å². The maximum Gasteiger partial charge on any atom is 0.261 e. The molecule has 1 aromatic carbocycles. The number of carbonyl (C=O) groups excluding carboxylic acids is 1. The predicted molar refractivity (Wildman–Crippen MR) is 71.8 cm³/mol. The number of benzene rings is 1. The molecule has 1 aromatic heterocycles. The van der Waals surface area contributed by atoms with E-state index in [1.807, 2.05) is 6.07 Å². The molecule has 1 amide bonds. The van der Waals surface area contributed by atoms with Gasteiger partial charge >= 0.3 is 0 Å². The Hall–Kier alpha value is -2.74. The van der Waals surface area contributed by atoms with E-state index in [-0.39, 0.29) is 5.91 Å². The standard InChI is InChI=1S/C15H14N2O3/c1-11(15(18)17-10-14-6-3-7-19-14)20-13-5-2-4-12(8-13)9-16/h2-8,11H,10H2,1H3,(H,17,18). The van der Waals surface area contributed by atoms with E-state index in [4.69, 9.17) is 14.4 Å². The van der Waals surface area contributed by atoms with E-state index in [0.29, 0.717) is 23.6 Å². The van der Waals surface area contributed by atoms with Crippen molar-refractivity contribution in [1.82, 2.24) is 5.32 Å². The predicted octanol–water partition coefficient (Wildman–Crippen LogP) is 2.23. The number of nitrogens with zero attached hydrogens (tertiary/aromatic N) is 1. The zero-order valence-electron chi connectivity index (χ0n) is 11.0. The summed E-state index contributed by atoms with van der Waals surface area (Å²) in [7, 11) is 0. The largest absolute Gasteiger partial charge is 0.481 e. The van der Waals surface area contributed by atoms with Gasteiger partial charge in [0.05, 0.1) is 24.4 Å². The summed E-state index contributed by atoms with van der Waals surface area (Å²) in [6, 6.07) is 12.2. The molecule has 5 heteroatoms. The number of amides is 1. The minimum Gasteiger partial charge on any atom is -0.481 e. The summed E-state index contributed by atoms with van der Waals surface area (Å²) in [5.74, 6) is 0.922. The highest BCUT2D eigenvalue weighted by Gasteiger charge is 2.14. The summed E-state index contributed by atoms with van der Waals surface area (Å²) in [4.78, 5) is 11.9. The van der Waals surface area contributed by atoms with Crippen molar-refractivity contribution in [3.63, 3.8) is 0 Å². The molecule has 0 saturated carbocycles. The molecule has 1 N–H and O–H groups in total.